The maximum absolute atomic E-state index is 12.2. The fourth-order valence-electron chi connectivity index (χ4n) is 1.93. The highest BCUT2D eigenvalue weighted by atomic mass is 16.2. The molecule has 88 valence electrons. The first-order valence-corrected chi connectivity index (χ1v) is 5.73. The van der Waals surface area contributed by atoms with Gasteiger partial charge in [0.05, 0.1) is 0 Å². The number of aromatic nitrogens is 2. The van der Waals surface area contributed by atoms with Gasteiger partial charge in [0.2, 0.25) is 0 Å². The number of carbonyl (C=O) groups excluding carboxylic acids is 1. The lowest BCUT2D eigenvalue weighted by Crippen LogP contribution is -2.47. The third-order valence-corrected chi connectivity index (χ3v) is 2.78. The van der Waals surface area contributed by atoms with Gasteiger partial charge in [0, 0.05) is 38.4 Å². The molecule has 5 heteroatoms. The van der Waals surface area contributed by atoms with E-state index in [1.54, 1.807) is 16.9 Å². The van der Waals surface area contributed by atoms with Crippen LogP contribution in [-0.2, 0) is 0 Å². The van der Waals surface area contributed by atoms with E-state index in [9.17, 15) is 4.79 Å². The normalized spacial score (nSPS) is 16.8. The molecule has 0 saturated carbocycles. The summed E-state index contributed by atoms with van der Waals surface area (Å²) in [5.41, 5.74) is 0.692. The van der Waals surface area contributed by atoms with E-state index in [2.05, 4.69) is 10.4 Å². The van der Waals surface area contributed by atoms with Crippen molar-refractivity contribution >= 4 is 5.91 Å². The van der Waals surface area contributed by atoms with Crippen LogP contribution in [0.25, 0.3) is 0 Å². The molecule has 2 heterocycles. The minimum atomic E-state index is 0.0905. The summed E-state index contributed by atoms with van der Waals surface area (Å²) in [6.45, 7) is 7.37. The molecule has 1 aliphatic heterocycles. The standard InChI is InChI=1S/C11H18N4O/c1-9(2)15-10(3-4-13-15)11(16)14-7-5-12-6-8-14/h3-4,9,12H,5-8H2,1-2H3. The van der Waals surface area contributed by atoms with Gasteiger partial charge in [-0.25, -0.2) is 0 Å². The van der Waals surface area contributed by atoms with Crippen LogP contribution in [0.2, 0.25) is 0 Å². The van der Waals surface area contributed by atoms with E-state index in [1.165, 1.54) is 0 Å². The topological polar surface area (TPSA) is 50.2 Å². The molecule has 1 amide bonds. The Kier molecular flexibility index (Phi) is 3.24. The number of hydrogen-bond acceptors (Lipinski definition) is 3. The van der Waals surface area contributed by atoms with E-state index in [0.717, 1.165) is 26.2 Å². The summed E-state index contributed by atoms with van der Waals surface area (Å²) in [5.74, 6) is 0.0905. The summed E-state index contributed by atoms with van der Waals surface area (Å²) in [6, 6.07) is 2.02. The number of amides is 1. The first-order valence-electron chi connectivity index (χ1n) is 5.73. The first-order chi connectivity index (χ1) is 7.70. The second kappa shape index (κ2) is 4.65. The van der Waals surface area contributed by atoms with Crippen molar-refractivity contribution < 1.29 is 4.79 Å². The van der Waals surface area contributed by atoms with Crippen LogP contribution >= 0.6 is 0 Å². The molecule has 0 unspecified atom stereocenters. The van der Waals surface area contributed by atoms with Gasteiger partial charge in [0.1, 0.15) is 5.69 Å². The van der Waals surface area contributed by atoms with Crippen LogP contribution in [0.15, 0.2) is 12.3 Å². The molecule has 1 aromatic rings. The lowest BCUT2D eigenvalue weighted by molar-refractivity contribution is 0.0721. The van der Waals surface area contributed by atoms with E-state index in [0.29, 0.717) is 5.69 Å². The molecule has 1 saturated heterocycles. The zero-order valence-electron chi connectivity index (χ0n) is 9.81. The van der Waals surface area contributed by atoms with Gasteiger partial charge >= 0.3 is 0 Å². The van der Waals surface area contributed by atoms with Crippen LogP contribution in [-0.4, -0.2) is 46.8 Å². The van der Waals surface area contributed by atoms with E-state index >= 15 is 0 Å². The summed E-state index contributed by atoms with van der Waals surface area (Å²) < 4.78 is 1.78. The van der Waals surface area contributed by atoms with Crippen LogP contribution in [0.4, 0.5) is 0 Å². The predicted molar refractivity (Wildman–Crippen MR) is 61.4 cm³/mol. The van der Waals surface area contributed by atoms with Crippen molar-refractivity contribution in [2.45, 2.75) is 19.9 Å². The van der Waals surface area contributed by atoms with Gasteiger partial charge in [-0.05, 0) is 19.9 Å². The maximum atomic E-state index is 12.2. The maximum Gasteiger partial charge on any atom is 0.272 e. The quantitative estimate of drug-likeness (QED) is 0.793. The zero-order valence-corrected chi connectivity index (χ0v) is 9.81. The Morgan fingerprint density at radius 2 is 2.12 bits per heavy atom. The van der Waals surface area contributed by atoms with Crippen LogP contribution < -0.4 is 5.32 Å². The Bertz CT molecular complexity index is 366. The summed E-state index contributed by atoms with van der Waals surface area (Å²) in [7, 11) is 0. The molecular formula is C11H18N4O. The molecule has 16 heavy (non-hydrogen) atoms. The van der Waals surface area contributed by atoms with E-state index in [4.69, 9.17) is 0 Å². The first kappa shape index (κ1) is 11.1. The molecular weight excluding hydrogens is 204 g/mol. The number of rotatable bonds is 2. The lowest BCUT2D eigenvalue weighted by Gasteiger charge is -2.27. The van der Waals surface area contributed by atoms with Crippen LogP contribution in [0.3, 0.4) is 0 Å². The van der Waals surface area contributed by atoms with Crippen molar-refractivity contribution in [1.82, 2.24) is 20.0 Å². The molecule has 1 N–H and O–H groups in total. The Hall–Kier alpha value is -1.36. The minimum Gasteiger partial charge on any atom is -0.335 e. The molecule has 1 aliphatic rings. The molecule has 0 aromatic carbocycles. The minimum absolute atomic E-state index is 0.0905. The average Bonchev–Trinajstić information content (AvgIpc) is 2.78. The molecule has 0 radical (unpaired) electrons. The number of piperazine rings is 1. The van der Waals surface area contributed by atoms with Crippen molar-refractivity contribution in [2.75, 3.05) is 26.2 Å². The monoisotopic (exact) mass is 222 g/mol. The largest absolute Gasteiger partial charge is 0.335 e. The Balaban J connectivity index is 2.16. The van der Waals surface area contributed by atoms with Gasteiger partial charge in [-0.1, -0.05) is 0 Å². The van der Waals surface area contributed by atoms with Crippen LogP contribution in [0, 0.1) is 0 Å². The summed E-state index contributed by atoms with van der Waals surface area (Å²) in [5, 5.41) is 7.42. The summed E-state index contributed by atoms with van der Waals surface area (Å²) in [4.78, 5) is 14.1. The molecule has 0 aliphatic carbocycles. The average molecular weight is 222 g/mol. The molecule has 5 nitrogen and oxygen atoms in total. The summed E-state index contributed by atoms with van der Waals surface area (Å²) in [6.07, 6.45) is 1.69. The van der Waals surface area contributed by atoms with Crippen molar-refractivity contribution in [3.63, 3.8) is 0 Å². The highest BCUT2D eigenvalue weighted by Gasteiger charge is 2.21. The van der Waals surface area contributed by atoms with E-state index in [-0.39, 0.29) is 11.9 Å². The molecule has 0 atom stereocenters. The SMILES string of the molecule is CC(C)n1nccc1C(=O)N1CCNCC1. The van der Waals surface area contributed by atoms with Crippen LogP contribution in [0.1, 0.15) is 30.4 Å². The molecule has 1 fully saturated rings. The number of nitrogens with one attached hydrogen (secondary N) is 1. The summed E-state index contributed by atoms with van der Waals surface area (Å²) >= 11 is 0. The second-order valence-electron chi connectivity index (χ2n) is 4.30. The van der Waals surface area contributed by atoms with Gasteiger partial charge in [0.25, 0.3) is 5.91 Å². The fraction of sp³-hybridized carbons (Fsp3) is 0.636. The third-order valence-electron chi connectivity index (χ3n) is 2.78. The van der Waals surface area contributed by atoms with E-state index < -0.39 is 0 Å². The molecule has 0 bridgehead atoms. The highest BCUT2D eigenvalue weighted by molar-refractivity contribution is 5.92. The Morgan fingerprint density at radius 3 is 2.75 bits per heavy atom. The third kappa shape index (κ3) is 2.09. The fourth-order valence-corrected chi connectivity index (χ4v) is 1.93. The number of nitrogens with zero attached hydrogens (tertiary/aromatic N) is 3. The second-order valence-corrected chi connectivity index (χ2v) is 4.30. The van der Waals surface area contributed by atoms with Crippen molar-refractivity contribution in [2.24, 2.45) is 0 Å². The zero-order chi connectivity index (χ0) is 11.5. The molecule has 0 spiro atoms. The van der Waals surface area contributed by atoms with Gasteiger partial charge < -0.3 is 10.2 Å². The number of carbonyl (C=O) groups is 1. The van der Waals surface area contributed by atoms with Gasteiger partial charge in [-0.2, -0.15) is 5.10 Å². The van der Waals surface area contributed by atoms with Gasteiger partial charge in [-0.3, -0.25) is 9.48 Å². The Labute approximate surface area is 95.4 Å². The van der Waals surface area contributed by atoms with Crippen LogP contribution in [0.5, 0.6) is 0 Å². The van der Waals surface area contributed by atoms with Crippen molar-refractivity contribution in [3.05, 3.63) is 18.0 Å². The van der Waals surface area contributed by atoms with Gasteiger partial charge in [0.15, 0.2) is 0 Å². The highest BCUT2D eigenvalue weighted by Crippen LogP contribution is 2.11. The molecule has 1 aromatic heterocycles. The predicted octanol–water partition coefficient (Wildman–Crippen LogP) is 0.509. The molecule has 2 rings (SSSR count). The lowest BCUT2D eigenvalue weighted by atomic mass is 10.3. The van der Waals surface area contributed by atoms with Gasteiger partial charge in [-0.15, -0.1) is 0 Å². The Morgan fingerprint density at radius 1 is 1.44 bits per heavy atom. The van der Waals surface area contributed by atoms with Crippen molar-refractivity contribution in [3.8, 4) is 0 Å². The smallest absolute Gasteiger partial charge is 0.272 e. The number of hydrogen-bond donors (Lipinski definition) is 1. The van der Waals surface area contributed by atoms with E-state index in [1.807, 2.05) is 18.7 Å². The van der Waals surface area contributed by atoms with Crippen molar-refractivity contribution in [1.29, 1.82) is 0 Å².